The van der Waals surface area contributed by atoms with Gasteiger partial charge in [-0.05, 0) is 69.6 Å². The number of pyridine rings is 1. The van der Waals surface area contributed by atoms with Gasteiger partial charge in [-0.2, -0.15) is 0 Å². The van der Waals surface area contributed by atoms with Crippen LogP contribution in [0.5, 0.6) is 0 Å². The molecule has 2 aromatic rings. The monoisotopic (exact) mass is 382 g/mol. The molecule has 2 unspecified atom stereocenters. The van der Waals surface area contributed by atoms with Gasteiger partial charge in [-0.3, -0.25) is 4.98 Å². The first-order valence-corrected chi connectivity index (χ1v) is 10.5. The van der Waals surface area contributed by atoms with Gasteiger partial charge in [0.05, 0.1) is 17.8 Å². The maximum Gasteiger partial charge on any atom is 0.170 e. The van der Waals surface area contributed by atoms with Crippen LogP contribution in [-0.2, 0) is 5.54 Å². The summed E-state index contributed by atoms with van der Waals surface area (Å²) in [5.41, 5.74) is 2.45. The summed E-state index contributed by atoms with van der Waals surface area (Å²) < 4.78 is 2.30. The summed E-state index contributed by atoms with van der Waals surface area (Å²) in [6.45, 7) is 6.72. The fourth-order valence-electron chi connectivity index (χ4n) is 4.48. The maximum atomic E-state index is 5.84. The van der Waals surface area contributed by atoms with E-state index in [1.165, 1.54) is 37.7 Å². The molecule has 0 amide bonds. The van der Waals surface area contributed by atoms with E-state index in [0.717, 1.165) is 10.8 Å². The van der Waals surface area contributed by atoms with Gasteiger partial charge in [0.2, 0.25) is 0 Å². The predicted octanol–water partition coefficient (Wildman–Crippen LogP) is 4.94. The van der Waals surface area contributed by atoms with Crippen molar-refractivity contribution in [1.82, 2.24) is 19.8 Å². The van der Waals surface area contributed by atoms with Crippen LogP contribution in [0.4, 0.5) is 0 Å². The van der Waals surface area contributed by atoms with Crippen molar-refractivity contribution in [3.63, 3.8) is 0 Å². The third-order valence-electron chi connectivity index (χ3n) is 5.94. The second-order valence-electron chi connectivity index (χ2n) is 8.85. The molecular weight excluding hydrogens is 352 g/mol. The molecule has 0 bridgehead atoms. The molecule has 0 aromatic carbocycles. The van der Waals surface area contributed by atoms with Crippen LogP contribution in [0.1, 0.15) is 76.2 Å². The first kappa shape index (κ1) is 18.5. The minimum atomic E-state index is 0.0704. The van der Waals surface area contributed by atoms with Gasteiger partial charge in [-0.25, -0.2) is 0 Å². The lowest BCUT2D eigenvalue weighted by molar-refractivity contribution is 0.197. The molecule has 0 spiro atoms. The Balaban J connectivity index is 1.74. The van der Waals surface area contributed by atoms with Gasteiger partial charge in [-0.15, -0.1) is 0 Å². The van der Waals surface area contributed by atoms with E-state index in [9.17, 15) is 0 Å². The van der Waals surface area contributed by atoms with E-state index in [1.807, 2.05) is 12.3 Å². The molecule has 2 atom stereocenters. The Morgan fingerprint density at radius 1 is 1.11 bits per heavy atom. The van der Waals surface area contributed by atoms with Crippen molar-refractivity contribution in [2.75, 3.05) is 0 Å². The Bertz CT molecular complexity index is 786. The van der Waals surface area contributed by atoms with E-state index < -0.39 is 0 Å². The van der Waals surface area contributed by atoms with Crippen molar-refractivity contribution in [2.24, 2.45) is 0 Å². The molecule has 1 aliphatic heterocycles. The first-order chi connectivity index (χ1) is 12.9. The van der Waals surface area contributed by atoms with Gasteiger partial charge in [0.25, 0.3) is 0 Å². The third kappa shape index (κ3) is 3.62. The van der Waals surface area contributed by atoms with Crippen LogP contribution in [0.15, 0.2) is 42.9 Å². The van der Waals surface area contributed by atoms with Crippen LogP contribution in [0, 0.1) is 0 Å². The molecule has 1 aliphatic carbocycles. The molecule has 1 saturated heterocycles. The quantitative estimate of drug-likeness (QED) is 0.762. The smallest absolute Gasteiger partial charge is 0.170 e. The Morgan fingerprint density at radius 2 is 1.89 bits per heavy atom. The van der Waals surface area contributed by atoms with E-state index in [-0.39, 0.29) is 17.6 Å². The van der Waals surface area contributed by atoms with Crippen molar-refractivity contribution >= 4 is 17.3 Å². The summed E-state index contributed by atoms with van der Waals surface area (Å²) >= 11 is 5.84. The number of rotatable bonds is 3. The third-order valence-corrected chi connectivity index (χ3v) is 6.26. The largest absolute Gasteiger partial charge is 0.352 e. The van der Waals surface area contributed by atoms with Gasteiger partial charge >= 0.3 is 0 Å². The zero-order chi connectivity index (χ0) is 19.0. The number of hydrogen-bond donors (Lipinski definition) is 1. The van der Waals surface area contributed by atoms with Gasteiger partial charge in [0, 0.05) is 30.2 Å². The van der Waals surface area contributed by atoms with E-state index in [2.05, 4.69) is 71.1 Å². The fourth-order valence-corrected chi connectivity index (χ4v) is 4.87. The van der Waals surface area contributed by atoms with Gasteiger partial charge in [0.1, 0.15) is 0 Å². The lowest BCUT2D eigenvalue weighted by atomic mass is 9.91. The molecule has 3 heterocycles. The van der Waals surface area contributed by atoms with E-state index >= 15 is 0 Å². The lowest BCUT2D eigenvalue weighted by Crippen LogP contribution is -2.40. The Kier molecular flexibility index (Phi) is 4.97. The summed E-state index contributed by atoms with van der Waals surface area (Å²) in [6.07, 6.45) is 12.8. The van der Waals surface area contributed by atoms with Crippen LogP contribution in [0.25, 0.3) is 0 Å². The van der Waals surface area contributed by atoms with Crippen LogP contribution < -0.4 is 5.32 Å². The molecule has 2 fully saturated rings. The molecule has 144 valence electrons. The lowest BCUT2D eigenvalue weighted by Gasteiger charge is -2.37. The summed E-state index contributed by atoms with van der Waals surface area (Å²) in [6, 6.07) is 9.22. The summed E-state index contributed by atoms with van der Waals surface area (Å²) in [4.78, 5) is 7.13. The predicted molar refractivity (Wildman–Crippen MR) is 114 cm³/mol. The Labute approximate surface area is 168 Å². The molecule has 2 aliphatic rings. The molecule has 1 saturated carbocycles. The molecule has 5 heteroatoms. The fraction of sp³-hybridized carbons (Fsp3) is 0.545. The number of nitrogens with one attached hydrogen (secondary N) is 1. The maximum absolute atomic E-state index is 5.84. The zero-order valence-corrected chi connectivity index (χ0v) is 17.4. The van der Waals surface area contributed by atoms with Crippen LogP contribution in [0.2, 0.25) is 0 Å². The number of nitrogens with zero attached hydrogens (tertiary/aromatic N) is 3. The van der Waals surface area contributed by atoms with Crippen LogP contribution >= 0.6 is 12.2 Å². The van der Waals surface area contributed by atoms with Crippen molar-refractivity contribution in [3.8, 4) is 0 Å². The number of hydrogen-bond acceptors (Lipinski definition) is 2. The second-order valence-corrected chi connectivity index (χ2v) is 9.24. The topological polar surface area (TPSA) is 33.1 Å². The highest BCUT2D eigenvalue weighted by Crippen LogP contribution is 2.42. The number of thiocarbonyl (C=S) groups is 1. The average molecular weight is 383 g/mol. The van der Waals surface area contributed by atoms with Crippen LogP contribution in [0.3, 0.4) is 0 Å². The molecule has 1 N–H and O–H groups in total. The number of aromatic nitrogens is 2. The molecule has 0 radical (unpaired) electrons. The second kappa shape index (κ2) is 7.27. The minimum absolute atomic E-state index is 0.0704. The van der Waals surface area contributed by atoms with Gasteiger partial charge < -0.3 is 14.8 Å². The highest BCUT2D eigenvalue weighted by atomic mass is 32.1. The van der Waals surface area contributed by atoms with Gasteiger partial charge in [-0.1, -0.05) is 25.3 Å². The Hall–Kier alpha value is -1.88. The molecular formula is C22H30N4S. The normalized spacial score (nSPS) is 24.3. The van der Waals surface area contributed by atoms with Crippen LogP contribution in [-0.4, -0.2) is 25.6 Å². The zero-order valence-electron chi connectivity index (χ0n) is 16.6. The SMILES string of the molecule is CC(C)(C)n1ccc(C2C(c3ccccn3)NC(=S)N2C2CCCCC2)c1. The molecule has 2 aromatic heterocycles. The highest BCUT2D eigenvalue weighted by molar-refractivity contribution is 7.80. The average Bonchev–Trinajstić information content (AvgIpc) is 3.27. The molecule has 27 heavy (non-hydrogen) atoms. The summed E-state index contributed by atoms with van der Waals surface area (Å²) in [5, 5.41) is 4.48. The van der Waals surface area contributed by atoms with E-state index in [4.69, 9.17) is 12.2 Å². The standard InChI is InChI=1S/C22H30N4S/c1-22(2,3)25-14-12-16(15-25)20-19(18-11-7-8-13-23-18)24-21(27)26(20)17-9-5-4-6-10-17/h7-8,11-15,17,19-20H,4-6,9-10H2,1-3H3,(H,24,27). The van der Waals surface area contributed by atoms with Gasteiger partial charge in [0.15, 0.2) is 5.11 Å². The highest BCUT2D eigenvalue weighted by Gasteiger charge is 2.43. The van der Waals surface area contributed by atoms with Crippen molar-refractivity contribution in [2.45, 2.75) is 76.5 Å². The van der Waals surface area contributed by atoms with Crippen molar-refractivity contribution < 1.29 is 0 Å². The van der Waals surface area contributed by atoms with Crippen molar-refractivity contribution in [3.05, 3.63) is 54.1 Å². The minimum Gasteiger partial charge on any atom is -0.352 e. The van der Waals surface area contributed by atoms with E-state index in [1.54, 1.807) is 0 Å². The van der Waals surface area contributed by atoms with Crippen molar-refractivity contribution in [1.29, 1.82) is 0 Å². The summed E-state index contributed by atoms with van der Waals surface area (Å²) in [7, 11) is 0. The Morgan fingerprint density at radius 3 is 2.52 bits per heavy atom. The molecule has 4 rings (SSSR count). The molecule has 4 nitrogen and oxygen atoms in total. The van der Waals surface area contributed by atoms with E-state index in [0.29, 0.717) is 6.04 Å². The summed E-state index contributed by atoms with van der Waals surface area (Å²) in [5.74, 6) is 0. The first-order valence-electron chi connectivity index (χ1n) is 10.1.